The Hall–Kier alpha value is -1.69. The quantitative estimate of drug-likeness (QED) is 0.802. The highest BCUT2D eigenvalue weighted by molar-refractivity contribution is 6.16. The molecule has 96 valence electrons. The van der Waals surface area contributed by atoms with Crippen molar-refractivity contribution in [3.8, 4) is 11.4 Å². The molecule has 0 saturated heterocycles. The van der Waals surface area contributed by atoms with Gasteiger partial charge >= 0.3 is 6.36 Å². The van der Waals surface area contributed by atoms with Crippen molar-refractivity contribution >= 4 is 11.6 Å². The zero-order valence-electron chi connectivity index (χ0n) is 8.99. The summed E-state index contributed by atoms with van der Waals surface area (Å²) < 4.78 is 42.1. The van der Waals surface area contributed by atoms with Crippen molar-refractivity contribution in [1.82, 2.24) is 9.55 Å². The van der Waals surface area contributed by atoms with Crippen molar-refractivity contribution in [2.75, 3.05) is 0 Å². The lowest BCUT2D eigenvalue weighted by molar-refractivity contribution is -0.274. The summed E-state index contributed by atoms with van der Waals surface area (Å²) in [4.78, 5) is 3.94. The summed E-state index contributed by atoms with van der Waals surface area (Å²) in [5, 5.41) is 0. The van der Waals surface area contributed by atoms with Crippen molar-refractivity contribution in [2.24, 2.45) is 0 Å². The number of rotatable bonds is 3. The van der Waals surface area contributed by atoms with Crippen LogP contribution in [-0.2, 0) is 5.88 Å². The van der Waals surface area contributed by atoms with Crippen LogP contribution in [-0.4, -0.2) is 15.9 Å². The molecular formula is C11H8ClF3N2O. The monoisotopic (exact) mass is 276 g/mol. The van der Waals surface area contributed by atoms with Crippen LogP contribution in [0.5, 0.6) is 5.75 Å². The van der Waals surface area contributed by atoms with E-state index >= 15 is 0 Å². The molecule has 2 rings (SSSR count). The molecule has 0 bridgehead atoms. The van der Waals surface area contributed by atoms with Gasteiger partial charge in [-0.1, -0.05) is 12.1 Å². The van der Waals surface area contributed by atoms with Gasteiger partial charge in [0.2, 0.25) is 0 Å². The maximum Gasteiger partial charge on any atom is 0.573 e. The molecule has 0 aliphatic carbocycles. The number of hydrogen-bond donors (Lipinski definition) is 0. The fraction of sp³-hybridized carbons (Fsp3) is 0.182. The van der Waals surface area contributed by atoms with Crippen molar-refractivity contribution in [1.29, 1.82) is 0 Å². The van der Waals surface area contributed by atoms with Gasteiger partial charge in [-0.3, -0.25) is 0 Å². The molecule has 2 aromatic rings. The van der Waals surface area contributed by atoms with E-state index in [-0.39, 0.29) is 17.3 Å². The normalized spacial score (nSPS) is 11.6. The van der Waals surface area contributed by atoms with Gasteiger partial charge in [-0.25, -0.2) is 4.98 Å². The van der Waals surface area contributed by atoms with Crippen molar-refractivity contribution in [3.05, 3.63) is 42.5 Å². The summed E-state index contributed by atoms with van der Waals surface area (Å²) in [6.07, 6.45) is -1.80. The third kappa shape index (κ3) is 2.95. The molecule has 1 heterocycles. The van der Waals surface area contributed by atoms with E-state index in [2.05, 4.69) is 9.72 Å². The summed E-state index contributed by atoms with van der Waals surface area (Å²) in [6, 6.07) is 5.81. The van der Waals surface area contributed by atoms with E-state index in [0.717, 1.165) is 0 Å². The Morgan fingerprint density at radius 3 is 2.61 bits per heavy atom. The molecule has 0 N–H and O–H groups in total. The van der Waals surface area contributed by atoms with E-state index in [1.165, 1.54) is 29.1 Å². The van der Waals surface area contributed by atoms with Crippen LogP contribution < -0.4 is 4.74 Å². The number of alkyl halides is 4. The Labute approximate surface area is 106 Å². The largest absolute Gasteiger partial charge is 0.573 e. The number of benzene rings is 1. The van der Waals surface area contributed by atoms with Crippen LogP contribution in [0.15, 0.2) is 36.8 Å². The van der Waals surface area contributed by atoms with Gasteiger partial charge in [-0.15, -0.1) is 24.8 Å². The van der Waals surface area contributed by atoms with Gasteiger partial charge in [0.05, 0.1) is 23.6 Å². The molecule has 0 radical (unpaired) electrons. The highest BCUT2D eigenvalue weighted by atomic mass is 35.5. The molecule has 0 atom stereocenters. The van der Waals surface area contributed by atoms with Crippen LogP contribution >= 0.6 is 11.6 Å². The van der Waals surface area contributed by atoms with Crippen LogP contribution in [0, 0.1) is 0 Å². The molecule has 0 aliphatic rings. The Balaban J connectivity index is 2.38. The summed E-state index contributed by atoms with van der Waals surface area (Å²) >= 11 is 5.59. The Kier molecular flexibility index (Phi) is 3.47. The lowest BCUT2D eigenvalue weighted by Crippen LogP contribution is -2.18. The first-order valence-corrected chi connectivity index (χ1v) is 5.47. The fourth-order valence-electron chi connectivity index (χ4n) is 1.45. The molecule has 3 nitrogen and oxygen atoms in total. The summed E-state index contributed by atoms with van der Waals surface area (Å²) in [5.41, 5.74) is 0.817. The maximum absolute atomic E-state index is 12.2. The first-order valence-electron chi connectivity index (χ1n) is 4.93. The van der Waals surface area contributed by atoms with Gasteiger partial charge in [0.15, 0.2) is 5.75 Å². The van der Waals surface area contributed by atoms with E-state index in [1.807, 2.05) is 0 Å². The minimum absolute atomic E-state index is 0.190. The second kappa shape index (κ2) is 4.89. The van der Waals surface area contributed by atoms with Crippen LogP contribution in [0.1, 0.15) is 5.69 Å². The number of hydrogen-bond acceptors (Lipinski definition) is 2. The first kappa shape index (κ1) is 12.8. The number of para-hydroxylation sites is 2. The molecule has 0 spiro atoms. The van der Waals surface area contributed by atoms with Gasteiger partial charge < -0.3 is 9.30 Å². The molecule has 18 heavy (non-hydrogen) atoms. The lowest BCUT2D eigenvalue weighted by atomic mass is 10.3. The van der Waals surface area contributed by atoms with Crippen LogP contribution in [0.3, 0.4) is 0 Å². The number of halogens is 4. The first-order chi connectivity index (χ1) is 8.49. The summed E-state index contributed by atoms with van der Waals surface area (Å²) in [5.74, 6) is -0.0986. The van der Waals surface area contributed by atoms with Gasteiger partial charge in [0.25, 0.3) is 0 Å². The number of aromatic nitrogens is 2. The predicted octanol–water partition coefficient (Wildman–Crippen LogP) is 3.51. The minimum Gasteiger partial charge on any atom is -0.404 e. The Morgan fingerprint density at radius 1 is 1.28 bits per heavy atom. The van der Waals surface area contributed by atoms with E-state index in [4.69, 9.17) is 11.6 Å². The number of nitrogens with zero attached hydrogens (tertiary/aromatic N) is 2. The van der Waals surface area contributed by atoms with E-state index in [9.17, 15) is 13.2 Å². The van der Waals surface area contributed by atoms with Crippen LogP contribution in [0.25, 0.3) is 5.69 Å². The van der Waals surface area contributed by atoms with Gasteiger partial charge in [-0.2, -0.15) is 0 Å². The van der Waals surface area contributed by atoms with Crippen molar-refractivity contribution in [2.45, 2.75) is 12.2 Å². The zero-order chi connectivity index (χ0) is 13.2. The number of imidazole rings is 1. The molecule has 1 aromatic carbocycles. The molecular weight excluding hydrogens is 269 g/mol. The van der Waals surface area contributed by atoms with Crippen molar-refractivity contribution in [3.63, 3.8) is 0 Å². The van der Waals surface area contributed by atoms with E-state index in [0.29, 0.717) is 5.69 Å². The summed E-state index contributed by atoms with van der Waals surface area (Å²) in [7, 11) is 0. The SMILES string of the molecule is FC(F)(F)Oc1ccccc1-n1cnc(CCl)c1. The molecule has 0 unspecified atom stereocenters. The molecule has 0 amide bonds. The van der Waals surface area contributed by atoms with Crippen LogP contribution in [0.4, 0.5) is 13.2 Å². The summed E-state index contributed by atoms with van der Waals surface area (Å²) in [6.45, 7) is 0. The maximum atomic E-state index is 12.2. The average molecular weight is 277 g/mol. The van der Waals surface area contributed by atoms with Crippen LogP contribution in [0.2, 0.25) is 0 Å². The predicted molar refractivity (Wildman–Crippen MR) is 59.8 cm³/mol. The van der Waals surface area contributed by atoms with Gasteiger partial charge in [0.1, 0.15) is 0 Å². The third-order valence-electron chi connectivity index (χ3n) is 2.14. The topological polar surface area (TPSA) is 27.1 Å². The van der Waals surface area contributed by atoms with E-state index in [1.54, 1.807) is 12.3 Å². The molecule has 0 saturated carbocycles. The second-order valence-electron chi connectivity index (χ2n) is 3.42. The van der Waals surface area contributed by atoms with E-state index < -0.39 is 6.36 Å². The molecule has 0 fully saturated rings. The Bertz CT molecular complexity index is 539. The van der Waals surface area contributed by atoms with Gasteiger partial charge in [0, 0.05) is 6.20 Å². The molecule has 0 aliphatic heterocycles. The highest BCUT2D eigenvalue weighted by Crippen LogP contribution is 2.28. The fourth-order valence-corrected chi connectivity index (χ4v) is 1.58. The smallest absolute Gasteiger partial charge is 0.404 e. The lowest BCUT2D eigenvalue weighted by Gasteiger charge is -2.13. The highest BCUT2D eigenvalue weighted by Gasteiger charge is 2.32. The number of ether oxygens (including phenoxy) is 1. The third-order valence-corrected chi connectivity index (χ3v) is 2.42. The minimum atomic E-state index is -4.73. The molecule has 7 heteroatoms. The average Bonchev–Trinajstić information content (AvgIpc) is 2.76. The standard InChI is InChI=1S/C11H8ClF3N2O/c12-5-8-6-17(7-16-8)9-3-1-2-4-10(9)18-11(13,14)15/h1-4,6-7H,5H2. The second-order valence-corrected chi connectivity index (χ2v) is 3.69. The van der Waals surface area contributed by atoms with Gasteiger partial charge in [-0.05, 0) is 12.1 Å². The zero-order valence-corrected chi connectivity index (χ0v) is 9.74. The molecule has 1 aromatic heterocycles. The Morgan fingerprint density at radius 2 is 2.00 bits per heavy atom. The van der Waals surface area contributed by atoms with Crippen molar-refractivity contribution < 1.29 is 17.9 Å².